The number of benzene rings is 9. The molecule has 3 aliphatic rings. The quantitative estimate of drug-likeness (QED) is 0.156. The fourth-order valence-electron chi connectivity index (χ4n) is 11.2. The molecule has 57 heavy (non-hydrogen) atoms. The van der Waals surface area contributed by atoms with Crippen LogP contribution in [0.4, 0.5) is 0 Å². The van der Waals surface area contributed by atoms with Crippen LogP contribution in [0.5, 0.6) is 0 Å². The molecule has 0 atom stereocenters. The molecule has 0 saturated carbocycles. The highest BCUT2D eigenvalue weighted by atomic mass is 14.4. The first-order valence-electron chi connectivity index (χ1n) is 20.6. The van der Waals surface area contributed by atoms with Gasteiger partial charge in [0.05, 0.1) is 0 Å². The van der Waals surface area contributed by atoms with Crippen molar-refractivity contribution in [1.82, 2.24) is 0 Å². The summed E-state index contributed by atoms with van der Waals surface area (Å²) in [5.74, 6) is 0. The van der Waals surface area contributed by atoms with Crippen LogP contribution in [0.1, 0.15) is 74.9 Å². The highest BCUT2D eigenvalue weighted by molar-refractivity contribution is 6.18. The van der Waals surface area contributed by atoms with Crippen molar-refractivity contribution in [3.8, 4) is 55.6 Å². The zero-order chi connectivity index (χ0) is 38.6. The largest absolute Gasteiger partial charge is 0.0619 e. The third-order valence-electron chi connectivity index (χ3n) is 14.5. The molecule has 0 heteroatoms. The lowest BCUT2D eigenvalue weighted by atomic mass is 9.80. The van der Waals surface area contributed by atoms with E-state index in [9.17, 15) is 0 Å². The average Bonchev–Trinajstić information content (AvgIpc) is 3.71. The fourth-order valence-corrected chi connectivity index (χ4v) is 11.2. The van der Waals surface area contributed by atoms with Gasteiger partial charge in [0.15, 0.2) is 0 Å². The first kappa shape index (κ1) is 33.0. The summed E-state index contributed by atoms with van der Waals surface area (Å²) in [5.41, 5.74) is 21.7. The zero-order valence-corrected chi connectivity index (χ0v) is 33.5. The smallest absolute Gasteiger partial charge is 0.0159 e. The van der Waals surface area contributed by atoms with Crippen molar-refractivity contribution in [1.29, 1.82) is 0 Å². The summed E-state index contributed by atoms with van der Waals surface area (Å²) in [6.45, 7) is 14.3. The van der Waals surface area contributed by atoms with E-state index < -0.39 is 0 Å². The summed E-state index contributed by atoms with van der Waals surface area (Å²) < 4.78 is 0. The Morgan fingerprint density at radius 3 is 1.16 bits per heavy atom. The Morgan fingerprint density at radius 1 is 0.246 bits per heavy atom. The second-order valence-corrected chi connectivity index (χ2v) is 18.5. The molecule has 0 saturated heterocycles. The third kappa shape index (κ3) is 4.34. The summed E-state index contributed by atoms with van der Waals surface area (Å²) in [4.78, 5) is 0. The van der Waals surface area contributed by atoms with Gasteiger partial charge in [-0.25, -0.2) is 0 Å². The predicted molar refractivity (Wildman–Crippen MR) is 243 cm³/mol. The number of rotatable bonds is 2. The van der Waals surface area contributed by atoms with Crippen LogP contribution in [-0.2, 0) is 16.2 Å². The van der Waals surface area contributed by atoms with E-state index in [4.69, 9.17) is 0 Å². The van der Waals surface area contributed by atoms with Crippen molar-refractivity contribution < 1.29 is 0 Å². The topological polar surface area (TPSA) is 0 Å². The van der Waals surface area contributed by atoms with E-state index in [1.165, 1.54) is 121 Å². The SMILES string of the molecule is CC1(C)c2ccccc2-c2ccc(-c3ccc4c(c3)C(C)(C)c3cc(-c5ccc6c(ccc7c8cc9c(cc8ccc67)C(C)(C)c6ccccc6-9)c5)ccc3-4)cc21. The molecule has 0 radical (unpaired) electrons. The number of hydrogen-bond donors (Lipinski definition) is 0. The minimum absolute atomic E-state index is 0.00148. The van der Waals surface area contributed by atoms with E-state index in [-0.39, 0.29) is 16.2 Å². The number of fused-ring (bicyclic) bond motifs is 14. The minimum atomic E-state index is -0.118. The molecule has 0 heterocycles. The van der Waals surface area contributed by atoms with Gasteiger partial charge in [-0.1, -0.05) is 163 Å². The highest BCUT2D eigenvalue weighted by Crippen LogP contribution is 2.54. The lowest BCUT2D eigenvalue weighted by Crippen LogP contribution is -2.15. The summed E-state index contributed by atoms with van der Waals surface area (Å²) in [6, 6.07) is 60.6. The van der Waals surface area contributed by atoms with Crippen LogP contribution in [0.2, 0.25) is 0 Å². The van der Waals surface area contributed by atoms with Gasteiger partial charge in [0, 0.05) is 16.2 Å². The zero-order valence-electron chi connectivity index (χ0n) is 33.5. The summed E-state index contributed by atoms with van der Waals surface area (Å²) >= 11 is 0. The maximum atomic E-state index is 2.46. The average molecular weight is 729 g/mol. The van der Waals surface area contributed by atoms with E-state index >= 15 is 0 Å². The Labute approximate surface area is 335 Å². The van der Waals surface area contributed by atoms with Crippen molar-refractivity contribution in [2.45, 2.75) is 57.8 Å². The molecule has 12 rings (SSSR count). The second-order valence-electron chi connectivity index (χ2n) is 18.5. The Hall–Kier alpha value is -6.24. The van der Waals surface area contributed by atoms with Gasteiger partial charge in [-0.15, -0.1) is 0 Å². The van der Waals surface area contributed by atoms with E-state index in [0.717, 1.165) is 0 Å². The van der Waals surface area contributed by atoms with Crippen molar-refractivity contribution in [2.24, 2.45) is 0 Å². The molecule has 0 aromatic heterocycles. The molecule has 272 valence electrons. The van der Waals surface area contributed by atoms with Crippen LogP contribution in [0.25, 0.3) is 88.0 Å². The lowest BCUT2D eigenvalue weighted by Gasteiger charge is -2.23. The van der Waals surface area contributed by atoms with E-state index in [1.807, 2.05) is 0 Å². The van der Waals surface area contributed by atoms with Crippen LogP contribution >= 0.6 is 0 Å². The molecule has 0 amide bonds. The molecule has 3 aliphatic carbocycles. The summed E-state index contributed by atoms with van der Waals surface area (Å²) in [5, 5.41) is 7.87. The van der Waals surface area contributed by atoms with Crippen molar-refractivity contribution in [3.05, 3.63) is 191 Å². The monoisotopic (exact) mass is 728 g/mol. The molecule has 0 N–H and O–H groups in total. The summed E-state index contributed by atoms with van der Waals surface area (Å²) in [7, 11) is 0. The van der Waals surface area contributed by atoms with E-state index in [2.05, 4.69) is 199 Å². The minimum Gasteiger partial charge on any atom is -0.0619 e. The van der Waals surface area contributed by atoms with Gasteiger partial charge in [-0.3, -0.25) is 0 Å². The first-order chi connectivity index (χ1) is 27.5. The van der Waals surface area contributed by atoms with Gasteiger partial charge in [-0.05, 0) is 158 Å². The lowest BCUT2D eigenvalue weighted by molar-refractivity contribution is 0.659. The van der Waals surface area contributed by atoms with Crippen molar-refractivity contribution in [3.63, 3.8) is 0 Å². The van der Waals surface area contributed by atoms with E-state index in [0.29, 0.717) is 0 Å². The van der Waals surface area contributed by atoms with Gasteiger partial charge in [0.1, 0.15) is 0 Å². The van der Waals surface area contributed by atoms with Gasteiger partial charge in [-0.2, -0.15) is 0 Å². The molecule has 0 aliphatic heterocycles. The molecule has 9 aromatic carbocycles. The molecular formula is C57H44. The van der Waals surface area contributed by atoms with Crippen molar-refractivity contribution >= 4 is 32.3 Å². The van der Waals surface area contributed by atoms with Gasteiger partial charge in [0.25, 0.3) is 0 Å². The standard InChI is InChI=1S/C57H44/c1-55(2)49-13-9-7-11-42(49)44-24-17-35(29-51(44)55)36-18-26-46-45-25-16-34(28-52(45)57(5,6)53(46)30-36)33-15-21-39-37(27-33)19-23-41-40(39)22-20-38-31-54-48(32-47(38)41)43-12-8-10-14-50(43)56(54,3)4/h7-32H,1-6H3. The van der Waals surface area contributed by atoms with E-state index in [1.54, 1.807) is 0 Å². The van der Waals surface area contributed by atoms with Gasteiger partial charge >= 0.3 is 0 Å². The fraction of sp³-hybridized carbons (Fsp3) is 0.158. The number of hydrogen-bond acceptors (Lipinski definition) is 0. The molecule has 0 fully saturated rings. The summed E-state index contributed by atoms with van der Waals surface area (Å²) in [6.07, 6.45) is 0. The Kier molecular flexibility index (Phi) is 6.35. The maximum absolute atomic E-state index is 2.46. The van der Waals surface area contributed by atoms with Crippen LogP contribution in [0.3, 0.4) is 0 Å². The van der Waals surface area contributed by atoms with Gasteiger partial charge in [0.2, 0.25) is 0 Å². The third-order valence-corrected chi connectivity index (χ3v) is 14.5. The first-order valence-corrected chi connectivity index (χ1v) is 20.6. The second kappa shape index (κ2) is 11.0. The molecule has 0 bridgehead atoms. The molecule has 0 spiro atoms. The molecule has 0 nitrogen and oxygen atoms in total. The Morgan fingerprint density at radius 2 is 0.614 bits per heavy atom. The van der Waals surface area contributed by atoms with Crippen LogP contribution < -0.4 is 0 Å². The maximum Gasteiger partial charge on any atom is 0.0159 e. The van der Waals surface area contributed by atoms with Crippen LogP contribution in [0, 0.1) is 0 Å². The molecular weight excluding hydrogens is 685 g/mol. The molecule has 0 unspecified atom stereocenters. The van der Waals surface area contributed by atoms with Crippen LogP contribution in [0.15, 0.2) is 158 Å². The Bertz CT molecular complexity index is 3260. The van der Waals surface area contributed by atoms with Gasteiger partial charge < -0.3 is 0 Å². The Balaban J connectivity index is 0.904. The van der Waals surface area contributed by atoms with Crippen molar-refractivity contribution in [2.75, 3.05) is 0 Å². The predicted octanol–water partition coefficient (Wildman–Crippen LogP) is 15.4. The molecule has 9 aromatic rings. The normalized spacial score (nSPS) is 16.0. The highest BCUT2D eigenvalue weighted by Gasteiger charge is 2.38. The van der Waals surface area contributed by atoms with Crippen LogP contribution in [-0.4, -0.2) is 0 Å².